The molecule has 176 valence electrons. The lowest BCUT2D eigenvalue weighted by atomic mass is 10.1. The number of para-hydroxylation sites is 1. The molecule has 0 spiro atoms. The van der Waals surface area contributed by atoms with E-state index in [9.17, 15) is 13.2 Å². The van der Waals surface area contributed by atoms with E-state index in [4.69, 9.17) is 9.72 Å². The first kappa shape index (κ1) is 23.7. The Hall–Kier alpha value is -3.49. The van der Waals surface area contributed by atoms with Gasteiger partial charge in [0.05, 0.1) is 34.6 Å². The molecule has 0 aliphatic carbocycles. The third kappa shape index (κ3) is 4.10. The molecule has 7 nitrogen and oxygen atoms in total. The summed E-state index contributed by atoms with van der Waals surface area (Å²) in [6, 6.07) is 18.4. The maximum atomic E-state index is 13.6. The quantitative estimate of drug-likeness (QED) is 0.411. The van der Waals surface area contributed by atoms with Crippen LogP contribution in [-0.4, -0.2) is 36.4 Å². The fraction of sp³-hybridized carbons (Fsp3) is 0.231. The minimum Gasteiger partial charge on any atom is -0.497 e. The van der Waals surface area contributed by atoms with Crippen LogP contribution in [0.3, 0.4) is 0 Å². The Morgan fingerprint density at radius 2 is 1.68 bits per heavy atom. The van der Waals surface area contributed by atoms with Gasteiger partial charge in [0.25, 0.3) is 5.56 Å². The van der Waals surface area contributed by atoms with Gasteiger partial charge in [-0.05, 0) is 68.8 Å². The zero-order valence-corrected chi connectivity index (χ0v) is 20.6. The van der Waals surface area contributed by atoms with Gasteiger partial charge in [-0.1, -0.05) is 29.8 Å². The van der Waals surface area contributed by atoms with Crippen molar-refractivity contribution in [2.75, 3.05) is 14.2 Å². The Labute approximate surface area is 199 Å². The van der Waals surface area contributed by atoms with Gasteiger partial charge in [0.1, 0.15) is 11.6 Å². The highest BCUT2D eigenvalue weighted by Crippen LogP contribution is 2.28. The van der Waals surface area contributed by atoms with Crippen LogP contribution in [0.5, 0.6) is 5.75 Å². The fourth-order valence-electron chi connectivity index (χ4n) is 4.00. The number of nitrogens with zero attached hydrogens (tertiary/aromatic N) is 3. The first-order chi connectivity index (χ1) is 16.1. The van der Waals surface area contributed by atoms with Crippen molar-refractivity contribution >= 4 is 20.9 Å². The Morgan fingerprint density at radius 3 is 2.32 bits per heavy atom. The number of fused-ring (bicyclic) bond motifs is 1. The lowest BCUT2D eigenvalue weighted by Gasteiger charge is -2.27. The summed E-state index contributed by atoms with van der Waals surface area (Å²) >= 11 is 0. The van der Waals surface area contributed by atoms with Gasteiger partial charge in [-0.25, -0.2) is 13.4 Å². The Kier molecular flexibility index (Phi) is 6.29. The first-order valence-electron chi connectivity index (χ1n) is 10.9. The molecule has 34 heavy (non-hydrogen) atoms. The number of methoxy groups -OCH3 is 1. The topological polar surface area (TPSA) is 81.5 Å². The first-order valence-corrected chi connectivity index (χ1v) is 12.3. The summed E-state index contributed by atoms with van der Waals surface area (Å²) in [6.45, 7) is 5.64. The summed E-state index contributed by atoms with van der Waals surface area (Å²) in [5.41, 5.74) is 2.91. The molecule has 0 bridgehead atoms. The van der Waals surface area contributed by atoms with Gasteiger partial charge < -0.3 is 4.74 Å². The molecule has 1 aromatic heterocycles. The molecule has 1 unspecified atom stereocenters. The van der Waals surface area contributed by atoms with Crippen molar-refractivity contribution < 1.29 is 13.2 Å². The van der Waals surface area contributed by atoms with Gasteiger partial charge in [-0.2, -0.15) is 4.31 Å². The summed E-state index contributed by atoms with van der Waals surface area (Å²) in [7, 11) is -0.850. The van der Waals surface area contributed by atoms with Gasteiger partial charge >= 0.3 is 0 Å². The Bertz CT molecular complexity index is 1530. The number of hydrogen-bond acceptors (Lipinski definition) is 5. The number of aromatic nitrogens is 2. The van der Waals surface area contributed by atoms with Gasteiger partial charge in [-0.15, -0.1) is 0 Å². The van der Waals surface area contributed by atoms with E-state index in [1.807, 2.05) is 38.1 Å². The molecule has 0 saturated carbocycles. The number of ether oxygens (including phenoxy) is 1. The van der Waals surface area contributed by atoms with Crippen LogP contribution in [0.25, 0.3) is 16.6 Å². The molecule has 0 radical (unpaired) electrons. The largest absolute Gasteiger partial charge is 0.497 e. The van der Waals surface area contributed by atoms with Gasteiger partial charge in [0.15, 0.2) is 0 Å². The van der Waals surface area contributed by atoms with Crippen LogP contribution in [0.2, 0.25) is 0 Å². The summed E-state index contributed by atoms with van der Waals surface area (Å²) < 4.78 is 34.8. The number of benzene rings is 3. The molecule has 1 atom stereocenters. The van der Waals surface area contributed by atoms with Crippen molar-refractivity contribution in [3.63, 3.8) is 0 Å². The molecule has 0 N–H and O–H groups in total. The van der Waals surface area contributed by atoms with Crippen molar-refractivity contribution in [3.05, 3.63) is 94.0 Å². The van der Waals surface area contributed by atoms with Crippen molar-refractivity contribution in [3.8, 4) is 11.4 Å². The molecule has 0 fully saturated rings. The van der Waals surface area contributed by atoms with Gasteiger partial charge in [0, 0.05) is 7.05 Å². The highest BCUT2D eigenvalue weighted by Gasteiger charge is 2.30. The molecular formula is C26H27N3O4S. The predicted octanol–water partition coefficient (Wildman–Crippen LogP) is 4.39. The zero-order chi connectivity index (χ0) is 24.6. The number of sulfonamides is 1. The molecular weight excluding hydrogens is 450 g/mol. The molecule has 4 rings (SSSR count). The lowest BCUT2D eigenvalue weighted by molar-refractivity contribution is 0.378. The zero-order valence-electron chi connectivity index (χ0n) is 19.8. The minimum absolute atomic E-state index is 0.129. The summed E-state index contributed by atoms with van der Waals surface area (Å²) in [5.74, 6) is 0.907. The standard InChI is InChI=1S/C26H27N3O4S/c1-17-10-15-24(18(2)16-17)29-25(27-23-9-7-6-8-22(23)26(29)30)19(3)28(4)34(31,32)21-13-11-20(33-5)12-14-21/h6-16,19H,1-5H3. The second kappa shape index (κ2) is 9.04. The second-order valence-electron chi connectivity index (χ2n) is 8.29. The summed E-state index contributed by atoms with van der Waals surface area (Å²) in [5, 5.41) is 0.471. The third-order valence-electron chi connectivity index (χ3n) is 6.05. The Balaban J connectivity index is 1.91. The molecule has 0 aliphatic rings. The van der Waals surface area contributed by atoms with E-state index in [1.54, 1.807) is 37.3 Å². The van der Waals surface area contributed by atoms with E-state index in [0.29, 0.717) is 28.2 Å². The number of rotatable bonds is 6. The fourth-order valence-corrected chi connectivity index (χ4v) is 5.33. The lowest BCUT2D eigenvalue weighted by Crippen LogP contribution is -2.35. The van der Waals surface area contributed by atoms with Crippen molar-refractivity contribution in [1.82, 2.24) is 13.9 Å². The summed E-state index contributed by atoms with van der Waals surface area (Å²) in [6.07, 6.45) is 0. The number of hydrogen-bond donors (Lipinski definition) is 0. The highest BCUT2D eigenvalue weighted by molar-refractivity contribution is 7.89. The predicted molar refractivity (Wildman–Crippen MR) is 133 cm³/mol. The molecule has 4 aromatic rings. The van der Waals surface area contributed by atoms with Crippen LogP contribution in [0.1, 0.15) is 29.9 Å². The molecule has 1 heterocycles. The maximum absolute atomic E-state index is 13.6. The van der Waals surface area contributed by atoms with E-state index in [-0.39, 0.29) is 10.5 Å². The summed E-state index contributed by atoms with van der Waals surface area (Å²) in [4.78, 5) is 18.5. The van der Waals surface area contributed by atoms with Crippen LogP contribution in [0, 0.1) is 13.8 Å². The monoisotopic (exact) mass is 477 g/mol. The van der Waals surface area contributed by atoms with Crippen LogP contribution in [-0.2, 0) is 10.0 Å². The average Bonchev–Trinajstić information content (AvgIpc) is 2.83. The van der Waals surface area contributed by atoms with E-state index in [1.165, 1.54) is 35.2 Å². The van der Waals surface area contributed by atoms with Crippen molar-refractivity contribution in [2.45, 2.75) is 31.7 Å². The molecule has 0 aliphatic heterocycles. The maximum Gasteiger partial charge on any atom is 0.266 e. The van der Waals surface area contributed by atoms with Crippen molar-refractivity contribution in [1.29, 1.82) is 0 Å². The van der Waals surface area contributed by atoms with E-state index in [0.717, 1.165) is 11.1 Å². The molecule has 3 aromatic carbocycles. The van der Waals surface area contributed by atoms with Crippen molar-refractivity contribution in [2.24, 2.45) is 0 Å². The molecule has 0 amide bonds. The molecule has 8 heteroatoms. The highest BCUT2D eigenvalue weighted by atomic mass is 32.2. The second-order valence-corrected chi connectivity index (χ2v) is 10.3. The SMILES string of the molecule is COc1ccc(S(=O)(=O)N(C)C(C)c2nc3ccccc3c(=O)n2-c2ccc(C)cc2C)cc1. The van der Waals surface area contributed by atoms with E-state index < -0.39 is 16.1 Å². The van der Waals surface area contributed by atoms with Crippen LogP contribution >= 0.6 is 0 Å². The Morgan fingerprint density at radius 1 is 1.00 bits per heavy atom. The van der Waals surface area contributed by atoms with Gasteiger partial charge in [-0.3, -0.25) is 9.36 Å². The smallest absolute Gasteiger partial charge is 0.266 e. The molecule has 0 saturated heterocycles. The minimum atomic E-state index is -3.87. The van der Waals surface area contributed by atoms with E-state index >= 15 is 0 Å². The van der Waals surface area contributed by atoms with Crippen LogP contribution in [0.15, 0.2) is 76.4 Å². The average molecular weight is 478 g/mol. The van der Waals surface area contributed by atoms with E-state index in [2.05, 4.69) is 0 Å². The van der Waals surface area contributed by atoms with Gasteiger partial charge in [0.2, 0.25) is 10.0 Å². The van der Waals surface area contributed by atoms with Crippen LogP contribution in [0.4, 0.5) is 0 Å². The third-order valence-corrected chi connectivity index (χ3v) is 7.99. The number of aryl methyl sites for hydroxylation is 2. The van der Waals surface area contributed by atoms with Crippen LogP contribution < -0.4 is 10.3 Å². The normalized spacial score (nSPS) is 12.8.